The molecule has 0 spiro atoms. The van der Waals surface area contributed by atoms with Gasteiger partial charge in [0.1, 0.15) is 12.2 Å². The molecule has 0 aliphatic carbocycles. The standard InChI is InChI=1S/C12H15N5O3/c1-4-17-10(13-7-14-17)6-16-5-9(8(2)18)11(19)15(3)12(16)20/h5,7H,4,6H2,1-3H3. The molecule has 0 fully saturated rings. The summed E-state index contributed by atoms with van der Waals surface area (Å²) in [7, 11) is 1.35. The Bertz CT molecular complexity index is 768. The van der Waals surface area contributed by atoms with Crippen molar-refractivity contribution in [2.75, 3.05) is 0 Å². The van der Waals surface area contributed by atoms with Crippen molar-refractivity contribution >= 4 is 5.78 Å². The fraction of sp³-hybridized carbons (Fsp3) is 0.417. The zero-order valence-electron chi connectivity index (χ0n) is 11.5. The Morgan fingerprint density at radius 3 is 2.65 bits per heavy atom. The van der Waals surface area contributed by atoms with Gasteiger partial charge in [-0.2, -0.15) is 5.10 Å². The molecule has 0 N–H and O–H groups in total. The van der Waals surface area contributed by atoms with E-state index >= 15 is 0 Å². The van der Waals surface area contributed by atoms with Gasteiger partial charge >= 0.3 is 5.69 Å². The monoisotopic (exact) mass is 277 g/mol. The quantitative estimate of drug-likeness (QED) is 0.696. The van der Waals surface area contributed by atoms with Crippen LogP contribution in [0.2, 0.25) is 0 Å². The van der Waals surface area contributed by atoms with Gasteiger partial charge in [-0.25, -0.2) is 14.5 Å². The highest BCUT2D eigenvalue weighted by atomic mass is 16.2. The average molecular weight is 277 g/mol. The van der Waals surface area contributed by atoms with Gasteiger partial charge in [0, 0.05) is 19.8 Å². The highest BCUT2D eigenvalue weighted by Crippen LogP contribution is 1.98. The summed E-state index contributed by atoms with van der Waals surface area (Å²) in [5.74, 6) is 0.207. The summed E-state index contributed by atoms with van der Waals surface area (Å²) in [5, 5.41) is 4.01. The number of carbonyl (C=O) groups is 1. The van der Waals surface area contributed by atoms with Gasteiger partial charge in [0.05, 0.1) is 12.1 Å². The van der Waals surface area contributed by atoms with E-state index in [2.05, 4.69) is 10.1 Å². The molecule has 0 radical (unpaired) electrons. The van der Waals surface area contributed by atoms with E-state index < -0.39 is 11.2 Å². The van der Waals surface area contributed by atoms with Gasteiger partial charge in [-0.05, 0) is 13.8 Å². The fourth-order valence-electron chi connectivity index (χ4n) is 1.91. The van der Waals surface area contributed by atoms with E-state index in [1.165, 1.54) is 31.1 Å². The summed E-state index contributed by atoms with van der Waals surface area (Å²) in [6, 6.07) is 0. The predicted octanol–water partition coefficient (Wildman–Crippen LogP) is -0.591. The summed E-state index contributed by atoms with van der Waals surface area (Å²) in [4.78, 5) is 39.4. The lowest BCUT2D eigenvalue weighted by molar-refractivity contribution is 0.101. The molecule has 2 rings (SSSR count). The number of hydrogen-bond donors (Lipinski definition) is 0. The van der Waals surface area contributed by atoms with Crippen LogP contribution in [0.5, 0.6) is 0 Å². The third kappa shape index (κ3) is 2.31. The number of carbonyl (C=O) groups excluding carboxylic acids is 1. The van der Waals surface area contributed by atoms with E-state index in [0.29, 0.717) is 12.4 Å². The molecule has 0 amide bonds. The van der Waals surface area contributed by atoms with Crippen molar-refractivity contribution in [1.29, 1.82) is 0 Å². The Balaban J connectivity index is 2.55. The Morgan fingerprint density at radius 2 is 2.05 bits per heavy atom. The lowest BCUT2D eigenvalue weighted by atomic mass is 10.2. The van der Waals surface area contributed by atoms with Crippen LogP contribution in [0.3, 0.4) is 0 Å². The van der Waals surface area contributed by atoms with Gasteiger partial charge in [-0.3, -0.25) is 18.7 Å². The molecular formula is C12H15N5O3. The second kappa shape index (κ2) is 5.24. The molecule has 8 nitrogen and oxygen atoms in total. The minimum absolute atomic E-state index is 0.0188. The molecule has 0 atom stereocenters. The first-order valence-electron chi connectivity index (χ1n) is 6.13. The maximum Gasteiger partial charge on any atom is 0.331 e. The zero-order valence-corrected chi connectivity index (χ0v) is 11.5. The Morgan fingerprint density at radius 1 is 1.35 bits per heavy atom. The van der Waals surface area contributed by atoms with E-state index in [-0.39, 0.29) is 17.9 Å². The maximum atomic E-state index is 12.0. The number of aryl methyl sites for hydroxylation is 1. The molecule has 20 heavy (non-hydrogen) atoms. The van der Waals surface area contributed by atoms with E-state index in [4.69, 9.17) is 0 Å². The molecule has 0 saturated carbocycles. The molecule has 0 saturated heterocycles. The molecule has 0 aliphatic rings. The largest absolute Gasteiger partial charge is 0.331 e. The normalized spacial score (nSPS) is 10.8. The van der Waals surface area contributed by atoms with Crippen LogP contribution in [0.25, 0.3) is 0 Å². The molecule has 2 heterocycles. The SMILES string of the molecule is CCn1ncnc1Cn1cc(C(C)=O)c(=O)n(C)c1=O. The maximum absolute atomic E-state index is 12.0. The number of nitrogens with zero attached hydrogens (tertiary/aromatic N) is 5. The molecule has 0 bridgehead atoms. The highest BCUT2D eigenvalue weighted by Gasteiger charge is 2.13. The van der Waals surface area contributed by atoms with Crippen LogP contribution in [-0.4, -0.2) is 29.7 Å². The predicted molar refractivity (Wildman–Crippen MR) is 70.7 cm³/mol. The minimum Gasteiger partial charge on any atom is -0.294 e. The number of Topliss-reactive ketones (excluding diaryl/α,β-unsaturated/α-hetero) is 1. The van der Waals surface area contributed by atoms with Gasteiger partial charge < -0.3 is 0 Å². The van der Waals surface area contributed by atoms with Gasteiger partial charge in [0.15, 0.2) is 5.78 Å². The highest BCUT2D eigenvalue weighted by molar-refractivity contribution is 5.93. The van der Waals surface area contributed by atoms with E-state index in [1.54, 1.807) is 4.68 Å². The molecular weight excluding hydrogens is 262 g/mol. The minimum atomic E-state index is -0.587. The number of rotatable bonds is 4. The summed E-state index contributed by atoms with van der Waals surface area (Å²) < 4.78 is 3.85. The number of aromatic nitrogens is 5. The topological polar surface area (TPSA) is 91.8 Å². The Kier molecular flexibility index (Phi) is 3.64. The van der Waals surface area contributed by atoms with E-state index in [0.717, 1.165) is 4.57 Å². The molecule has 106 valence electrons. The summed E-state index contributed by atoms with van der Waals surface area (Å²) in [5.41, 5.74) is -1.10. The fourth-order valence-corrected chi connectivity index (χ4v) is 1.91. The van der Waals surface area contributed by atoms with Crippen molar-refractivity contribution in [3.05, 3.63) is 44.8 Å². The molecule has 0 unspecified atom stereocenters. The molecule has 0 aromatic carbocycles. The second-order valence-corrected chi connectivity index (χ2v) is 4.37. The van der Waals surface area contributed by atoms with Crippen LogP contribution in [0.4, 0.5) is 0 Å². The average Bonchev–Trinajstić information content (AvgIpc) is 2.86. The van der Waals surface area contributed by atoms with Crippen LogP contribution < -0.4 is 11.2 Å². The van der Waals surface area contributed by atoms with Gasteiger partial charge in [-0.1, -0.05) is 0 Å². The van der Waals surface area contributed by atoms with Crippen LogP contribution in [0, 0.1) is 0 Å². The van der Waals surface area contributed by atoms with Gasteiger partial charge in [0.2, 0.25) is 0 Å². The van der Waals surface area contributed by atoms with Crippen molar-refractivity contribution in [1.82, 2.24) is 23.9 Å². The summed E-state index contributed by atoms with van der Waals surface area (Å²) in [6.07, 6.45) is 2.68. The summed E-state index contributed by atoms with van der Waals surface area (Å²) >= 11 is 0. The van der Waals surface area contributed by atoms with Crippen molar-refractivity contribution < 1.29 is 4.79 Å². The molecule has 2 aromatic heterocycles. The first-order valence-corrected chi connectivity index (χ1v) is 6.13. The zero-order chi connectivity index (χ0) is 14.9. The Labute approximate surface area is 114 Å². The lowest BCUT2D eigenvalue weighted by Gasteiger charge is -2.09. The molecule has 2 aromatic rings. The lowest BCUT2D eigenvalue weighted by Crippen LogP contribution is -2.40. The number of hydrogen-bond acceptors (Lipinski definition) is 5. The van der Waals surface area contributed by atoms with Crippen LogP contribution in [0.1, 0.15) is 30.0 Å². The van der Waals surface area contributed by atoms with Gasteiger partial charge in [0.25, 0.3) is 5.56 Å². The Hall–Kier alpha value is -2.51. The second-order valence-electron chi connectivity index (χ2n) is 4.37. The van der Waals surface area contributed by atoms with Crippen molar-refractivity contribution in [2.45, 2.75) is 26.9 Å². The first kappa shape index (κ1) is 13.9. The van der Waals surface area contributed by atoms with Crippen molar-refractivity contribution in [2.24, 2.45) is 7.05 Å². The molecule has 0 aliphatic heterocycles. The van der Waals surface area contributed by atoms with E-state index in [9.17, 15) is 14.4 Å². The van der Waals surface area contributed by atoms with Crippen LogP contribution >= 0.6 is 0 Å². The van der Waals surface area contributed by atoms with Crippen molar-refractivity contribution in [3.8, 4) is 0 Å². The summed E-state index contributed by atoms with van der Waals surface area (Å²) in [6.45, 7) is 3.97. The third-order valence-corrected chi connectivity index (χ3v) is 3.04. The number of ketones is 1. The van der Waals surface area contributed by atoms with Gasteiger partial charge in [-0.15, -0.1) is 0 Å². The van der Waals surface area contributed by atoms with Crippen molar-refractivity contribution in [3.63, 3.8) is 0 Å². The first-order chi connectivity index (χ1) is 9.45. The van der Waals surface area contributed by atoms with Crippen LogP contribution in [-0.2, 0) is 20.1 Å². The third-order valence-electron chi connectivity index (χ3n) is 3.04. The van der Waals surface area contributed by atoms with E-state index in [1.807, 2.05) is 6.92 Å². The van der Waals surface area contributed by atoms with Crippen LogP contribution in [0.15, 0.2) is 22.1 Å². The smallest absolute Gasteiger partial charge is 0.294 e. The molecule has 8 heteroatoms.